The summed E-state index contributed by atoms with van der Waals surface area (Å²) in [6.07, 6.45) is 7.18. The molecule has 0 aromatic heterocycles. The van der Waals surface area contributed by atoms with E-state index >= 15 is 0 Å². The number of sulfone groups is 1. The van der Waals surface area contributed by atoms with Gasteiger partial charge >= 0.3 is 0 Å². The van der Waals surface area contributed by atoms with E-state index in [0.29, 0.717) is 12.1 Å². The lowest BCUT2D eigenvalue weighted by molar-refractivity contribution is 0.0777. The number of hydrogen-bond acceptors (Lipinski definition) is 3. The Balaban J connectivity index is 2.97. The minimum atomic E-state index is -3.24. The van der Waals surface area contributed by atoms with Gasteiger partial charge in [0.1, 0.15) is 0 Å². The van der Waals surface area contributed by atoms with E-state index in [-0.39, 0.29) is 17.3 Å². The van der Waals surface area contributed by atoms with Crippen molar-refractivity contribution in [3.63, 3.8) is 0 Å². The van der Waals surface area contributed by atoms with E-state index in [0.717, 1.165) is 12.7 Å². The molecule has 0 aliphatic carbocycles. The topological polar surface area (TPSA) is 54.5 Å². The summed E-state index contributed by atoms with van der Waals surface area (Å²) in [6.45, 7) is 2.79. The molecule has 1 rings (SSSR count). The maximum absolute atomic E-state index is 12.2. The number of amides is 1. The zero-order valence-corrected chi connectivity index (χ0v) is 11.9. The molecule has 102 valence electrons. The molecule has 0 radical (unpaired) electrons. The van der Waals surface area contributed by atoms with Gasteiger partial charge in [-0.05, 0) is 30.7 Å². The van der Waals surface area contributed by atoms with Crippen molar-refractivity contribution in [2.45, 2.75) is 18.2 Å². The Kier molecular flexibility index (Phi) is 5.13. The average Bonchev–Trinajstić information content (AvgIpc) is 2.37. The molecule has 0 heterocycles. The lowest BCUT2D eigenvalue weighted by atomic mass is 10.2. The number of benzene rings is 1. The van der Waals surface area contributed by atoms with Gasteiger partial charge in [0.25, 0.3) is 5.91 Å². The highest BCUT2D eigenvalue weighted by molar-refractivity contribution is 7.90. The number of carbonyl (C=O) groups excluding carboxylic acids is 1. The first-order chi connectivity index (χ1) is 8.90. The molecule has 0 bridgehead atoms. The highest BCUT2D eigenvalue weighted by Gasteiger charge is 2.15. The molecule has 0 fully saturated rings. The van der Waals surface area contributed by atoms with Gasteiger partial charge in [0.2, 0.25) is 0 Å². The average molecular weight is 279 g/mol. The van der Waals surface area contributed by atoms with Crippen molar-refractivity contribution >= 4 is 15.7 Å². The fourth-order valence-electron chi connectivity index (χ4n) is 1.66. The summed E-state index contributed by atoms with van der Waals surface area (Å²) in [7, 11) is -3.24. The summed E-state index contributed by atoms with van der Waals surface area (Å²) >= 11 is 0. The maximum atomic E-state index is 12.2. The lowest BCUT2D eigenvalue weighted by Crippen LogP contribution is -2.32. The molecule has 4 nitrogen and oxygen atoms in total. The number of hydrogen-bond donors (Lipinski definition) is 0. The monoisotopic (exact) mass is 279 g/mol. The Morgan fingerprint density at radius 3 is 2.32 bits per heavy atom. The van der Waals surface area contributed by atoms with Crippen LogP contribution in [0, 0.1) is 12.3 Å². The van der Waals surface area contributed by atoms with Gasteiger partial charge in [0.05, 0.1) is 11.4 Å². The Morgan fingerprint density at radius 2 is 1.89 bits per heavy atom. The molecule has 5 heteroatoms. The third-order valence-electron chi connectivity index (χ3n) is 2.59. The van der Waals surface area contributed by atoms with Crippen molar-refractivity contribution < 1.29 is 13.2 Å². The van der Waals surface area contributed by atoms with Crippen molar-refractivity contribution in [2.75, 3.05) is 19.3 Å². The molecule has 0 spiro atoms. The smallest absolute Gasteiger partial charge is 0.254 e. The summed E-state index contributed by atoms with van der Waals surface area (Å²) in [4.78, 5) is 13.9. The van der Waals surface area contributed by atoms with Gasteiger partial charge in [-0.25, -0.2) is 8.42 Å². The molecule has 1 aromatic rings. The van der Waals surface area contributed by atoms with E-state index in [1.54, 1.807) is 4.90 Å². The minimum absolute atomic E-state index is 0.181. The van der Waals surface area contributed by atoms with Gasteiger partial charge in [0, 0.05) is 18.4 Å². The minimum Gasteiger partial charge on any atom is -0.328 e. The molecule has 0 atom stereocenters. The first kappa shape index (κ1) is 15.3. The molecule has 0 unspecified atom stereocenters. The predicted octanol–water partition coefficient (Wildman–Crippen LogP) is 1.58. The van der Waals surface area contributed by atoms with Crippen LogP contribution in [-0.2, 0) is 9.84 Å². The van der Waals surface area contributed by atoms with Crippen LogP contribution in [0.4, 0.5) is 0 Å². The van der Waals surface area contributed by atoms with Gasteiger partial charge in [-0.3, -0.25) is 4.79 Å². The van der Waals surface area contributed by atoms with E-state index in [4.69, 9.17) is 6.42 Å². The first-order valence-corrected chi connectivity index (χ1v) is 7.82. The number of carbonyl (C=O) groups is 1. The molecule has 1 amide bonds. The summed E-state index contributed by atoms with van der Waals surface area (Å²) in [5.41, 5.74) is 0.441. The van der Waals surface area contributed by atoms with Crippen molar-refractivity contribution in [3.05, 3.63) is 29.8 Å². The van der Waals surface area contributed by atoms with Crippen LogP contribution in [0.2, 0.25) is 0 Å². The van der Waals surface area contributed by atoms with Crippen LogP contribution in [0.3, 0.4) is 0 Å². The quantitative estimate of drug-likeness (QED) is 0.769. The highest BCUT2D eigenvalue weighted by atomic mass is 32.2. The second-order valence-electron chi connectivity index (χ2n) is 4.23. The zero-order chi connectivity index (χ0) is 14.5. The summed E-state index contributed by atoms with van der Waals surface area (Å²) in [5, 5.41) is 0. The Morgan fingerprint density at radius 1 is 1.32 bits per heavy atom. The van der Waals surface area contributed by atoms with E-state index in [9.17, 15) is 13.2 Å². The molecule has 0 saturated heterocycles. The second-order valence-corrected chi connectivity index (χ2v) is 6.24. The molecule has 1 aromatic carbocycles. The van der Waals surface area contributed by atoms with Crippen molar-refractivity contribution in [3.8, 4) is 12.3 Å². The molecular formula is C14H17NO3S. The summed E-state index contributed by atoms with van der Waals surface area (Å²) < 4.78 is 22.7. The fourth-order valence-corrected chi connectivity index (χ4v) is 2.29. The highest BCUT2D eigenvalue weighted by Crippen LogP contribution is 2.12. The largest absolute Gasteiger partial charge is 0.328 e. The Hall–Kier alpha value is -1.80. The fraction of sp³-hybridized carbons (Fsp3) is 0.357. The van der Waals surface area contributed by atoms with Crippen LogP contribution in [0.25, 0.3) is 0 Å². The van der Waals surface area contributed by atoms with E-state index in [1.165, 1.54) is 24.3 Å². The molecule has 19 heavy (non-hydrogen) atoms. The van der Waals surface area contributed by atoms with E-state index < -0.39 is 9.84 Å². The van der Waals surface area contributed by atoms with Gasteiger partial charge in [-0.2, -0.15) is 0 Å². The number of terminal acetylenes is 1. The molecular weight excluding hydrogens is 262 g/mol. The van der Waals surface area contributed by atoms with Gasteiger partial charge in [-0.15, -0.1) is 6.42 Å². The molecule has 0 aliphatic heterocycles. The maximum Gasteiger partial charge on any atom is 0.254 e. The van der Waals surface area contributed by atoms with Crippen LogP contribution in [0.15, 0.2) is 29.2 Å². The number of rotatable bonds is 5. The first-order valence-electron chi connectivity index (χ1n) is 5.93. The molecule has 0 saturated carbocycles. The van der Waals surface area contributed by atoms with Crippen molar-refractivity contribution in [1.82, 2.24) is 4.90 Å². The zero-order valence-electron chi connectivity index (χ0n) is 11.1. The SMILES string of the molecule is C#CCN(CCC)C(=O)c1ccc(S(C)(=O)=O)cc1. The van der Waals surface area contributed by atoms with Crippen molar-refractivity contribution in [2.24, 2.45) is 0 Å². The second kappa shape index (κ2) is 6.39. The van der Waals surface area contributed by atoms with Crippen molar-refractivity contribution in [1.29, 1.82) is 0 Å². The van der Waals surface area contributed by atoms with Crippen LogP contribution in [0.5, 0.6) is 0 Å². The van der Waals surface area contributed by atoms with Gasteiger partial charge < -0.3 is 4.90 Å². The molecule has 0 aliphatic rings. The van der Waals surface area contributed by atoms with Gasteiger partial charge in [-0.1, -0.05) is 12.8 Å². The third kappa shape index (κ3) is 4.11. The third-order valence-corrected chi connectivity index (χ3v) is 3.72. The summed E-state index contributed by atoms with van der Waals surface area (Å²) in [6, 6.07) is 5.89. The Labute approximate surface area is 114 Å². The number of nitrogens with zero attached hydrogens (tertiary/aromatic N) is 1. The van der Waals surface area contributed by atoms with Crippen LogP contribution >= 0.6 is 0 Å². The van der Waals surface area contributed by atoms with Crippen LogP contribution < -0.4 is 0 Å². The summed E-state index contributed by atoms with van der Waals surface area (Å²) in [5.74, 6) is 2.27. The normalized spacial score (nSPS) is 10.8. The van der Waals surface area contributed by atoms with E-state index in [1.807, 2.05) is 6.92 Å². The Bertz CT molecular complexity index is 582. The standard InChI is InChI=1S/C14H17NO3S/c1-4-10-15(11-5-2)14(16)12-6-8-13(9-7-12)19(3,17)18/h1,6-9H,5,10-11H2,2-3H3. The van der Waals surface area contributed by atoms with E-state index in [2.05, 4.69) is 5.92 Å². The predicted molar refractivity (Wildman–Crippen MR) is 74.6 cm³/mol. The molecule has 0 N–H and O–H groups in total. The lowest BCUT2D eigenvalue weighted by Gasteiger charge is -2.19. The van der Waals surface area contributed by atoms with Crippen LogP contribution in [-0.4, -0.2) is 38.6 Å². The van der Waals surface area contributed by atoms with Gasteiger partial charge in [0.15, 0.2) is 9.84 Å². The van der Waals surface area contributed by atoms with Crippen LogP contribution in [0.1, 0.15) is 23.7 Å².